The van der Waals surface area contributed by atoms with E-state index in [-0.39, 0.29) is 222 Å². The molecule has 0 fully saturated rings. The van der Waals surface area contributed by atoms with Crippen molar-refractivity contribution in [2.24, 2.45) is 0 Å². The summed E-state index contributed by atoms with van der Waals surface area (Å²) in [6.07, 6.45) is 0.935. The number of aliphatic hydroxyl groups is 3. The zero-order valence-corrected chi connectivity index (χ0v) is 48.8. The van der Waals surface area contributed by atoms with Gasteiger partial charge in [-0.3, -0.25) is 0 Å². The van der Waals surface area contributed by atoms with Gasteiger partial charge in [-0.1, -0.05) is 31.2 Å². The molecule has 0 aliphatic heterocycles. The minimum Gasteiger partial charge on any atom is -0.748 e. The maximum absolute atomic E-state index is 12.5. The number of nitrogens with one attached hydrogen (secondary N) is 4. The molecule has 27 nitrogen and oxygen atoms in total. The van der Waals surface area contributed by atoms with Gasteiger partial charge in [0.25, 0.3) is 0 Å². The van der Waals surface area contributed by atoms with Crippen LogP contribution in [0.2, 0.25) is 0 Å². The molecule has 0 bridgehead atoms. The van der Waals surface area contributed by atoms with Crippen molar-refractivity contribution in [3.8, 4) is 0 Å². The zero-order chi connectivity index (χ0) is 47.2. The summed E-state index contributed by atoms with van der Waals surface area (Å²) in [7, 11) is -13.6. The van der Waals surface area contributed by atoms with Gasteiger partial charge in [0.2, 0.25) is 29.7 Å². The molecule has 3 unspecified atom stereocenters. The summed E-state index contributed by atoms with van der Waals surface area (Å²) in [5.41, 5.74) is -0.580. The Balaban J connectivity index is 0.0000112. The minimum atomic E-state index is -5.25. The Morgan fingerprint density at radius 3 is 1.72 bits per heavy atom. The number of anilines is 7. The Labute approximate surface area is 482 Å². The first-order chi connectivity index (χ1) is 30.1. The Morgan fingerprint density at radius 1 is 0.750 bits per heavy atom. The largest absolute Gasteiger partial charge is 1.00 e. The second-order valence-corrected chi connectivity index (χ2v) is 18.5. The number of nitrogens with zero attached hydrogens (tertiary/aromatic N) is 7. The van der Waals surface area contributed by atoms with E-state index in [2.05, 4.69) is 55.5 Å². The summed E-state index contributed by atoms with van der Waals surface area (Å²) < 4.78 is 129. The monoisotopic (exact) mass is 1070 g/mol. The molecule has 4 rings (SSSR count). The molecule has 7 N–H and O–H groups in total. The first-order valence-electron chi connectivity index (χ1n) is 18.3. The summed E-state index contributed by atoms with van der Waals surface area (Å²) in [4.78, 5) is 24.8. The molecule has 0 amide bonds. The molecule has 0 radical (unpaired) electrons. The summed E-state index contributed by atoms with van der Waals surface area (Å²) in [5, 5.41) is 49.6. The van der Waals surface area contributed by atoms with Crippen molar-refractivity contribution >= 4 is 94.7 Å². The van der Waals surface area contributed by atoms with E-state index in [4.69, 9.17) is 9.84 Å². The normalized spacial score (nSPS) is 12.8. The average molecular weight is 1070 g/mol. The van der Waals surface area contributed by atoms with Gasteiger partial charge in [0.05, 0.1) is 63.9 Å². The molecular formula is C33H41N11Na4O16S4. The van der Waals surface area contributed by atoms with E-state index in [1.165, 1.54) is 43.1 Å². The number of likely N-dealkylation sites (N-methyl/N-ethyl adjacent to an activating group) is 1. The third-order valence-corrected chi connectivity index (χ3v) is 11.5. The van der Waals surface area contributed by atoms with Crippen LogP contribution in [0.15, 0.2) is 46.2 Å². The van der Waals surface area contributed by atoms with E-state index in [9.17, 15) is 58.6 Å². The predicted octanol–water partition coefficient (Wildman–Crippen LogP) is -14.2. The number of hydrogen-bond donors (Lipinski definition) is 7. The van der Waals surface area contributed by atoms with Crippen LogP contribution in [0.3, 0.4) is 0 Å². The van der Waals surface area contributed by atoms with Crippen molar-refractivity contribution in [1.82, 2.24) is 29.9 Å². The van der Waals surface area contributed by atoms with Crippen LogP contribution in [-0.4, -0.2) is 159 Å². The Bertz CT molecular complexity index is 2650. The van der Waals surface area contributed by atoms with E-state index >= 15 is 0 Å². The second kappa shape index (κ2) is 31.4. The van der Waals surface area contributed by atoms with E-state index in [0.29, 0.717) is 0 Å². The van der Waals surface area contributed by atoms with Crippen molar-refractivity contribution in [3.05, 3.63) is 53.3 Å². The van der Waals surface area contributed by atoms with Gasteiger partial charge < -0.3 is 69.5 Å². The molecule has 0 saturated carbocycles. The van der Waals surface area contributed by atoms with Crippen molar-refractivity contribution < 1.29 is 191 Å². The van der Waals surface area contributed by atoms with Crippen molar-refractivity contribution in [2.45, 2.75) is 28.7 Å². The van der Waals surface area contributed by atoms with E-state index in [1.807, 2.05) is 0 Å². The topological polar surface area (TPSA) is 420 Å². The fourth-order valence-corrected chi connectivity index (χ4v) is 7.60. The summed E-state index contributed by atoms with van der Waals surface area (Å²) in [6, 6.07) is 6.81. The quantitative estimate of drug-likeness (QED) is 0.00767. The molecular weight excluding hydrogens is 1030 g/mol. The van der Waals surface area contributed by atoms with Crippen molar-refractivity contribution in [1.29, 1.82) is 0 Å². The molecule has 68 heavy (non-hydrogen) atoms. The number of benzene rings is 2. The van der Waals surface area contributed by atoms with Gasteiger partial charge in [0, 0.05) is 44.0 Å². The fraction of sp³-hybridized carbons (Fsp3) is 0.394. The van der Waals surface area contributed by atoms with Gasteiger partial charge in [-0.15, -0.1) is 0 Å². The first kappa shape index (κ1) is 66.8. The molecule has 35 heteroatoms. The SMILES string of the molecule is CC(CS(=O)O[O-])c1nc(Nc2ccc(C=Cc3ccc(Nc4nc(NCCOCCO)nc(NCCS(=O)(=O)[O-])n4)cc3S(=O)(=O)[O-])c(S(=O)(=O)[O-])c2)nc(N(C)CC(O)CO)n1.[Na+].[Na+].[Na+].[Na+]. The summed E-state index contributed by atoms with van der Waals surface area (Å²) in [6.45, 7) is 0.486. The van der Waals surface area contributed by atoms with Gasteiger partial charge in [0.15, 0.2) is 0 Å². The number of rotatable bonds is 26. The van der Waals surface area contributed by atoms with E-state index < -0.39 is 75.6 Å². The smallest absolute Gasteiger partial charge is 0.748 e. The van der Waals surface area contributed by atoms with E-state index in [1.54, 1.807) is 0 Å². The molecule has 0 spiro atoms. The number of aromatic nitrogens is 6. The summed E-state index contributed by atoms with van der Waals surface area (Å²) in [5.74, 6) is -2.73. The maximum Gasteiger partial charge on any atom is 1.00 e. The first-order valence-corrected chi connectivity index (χ1v) is 23.9. The van der Waals surface area contributed by atoms with Gasteiger partial charge in [-0.2, -0.15) is 29.9 Å². The second-order valence-electron chi connectivity index (χ2n) is 13.2. The van der Waals surface area contributed by atoms with Crippen LogP contribution in [0.5, 0.6) is 0 Å². The average Bonchev–Trinajstić information content (AvgIpc) is 3.21. The Kier molecular flexibility index (Phi) is 30.9. The van der Waals surface area contributed by atoms with Crippen molar-refractivity contribution in [3.63, 3.8) is 0 Å². The van der Waals surface area contributed by atoms with Crippen LogP contribution in [0.1, 0.15) is 29.8 Å². The number of hydrogen-bond acceptors (Lipinski definition) is 27. The zero-order valence-electron chi connectivity index (χ0n) is 37.5. The third-order valence-electron chi connectivity index (χ3n) is 8.14. The maximum atomic E-state index is 12.5. The van der Waals surface area contributed by atoms with Gasteiger partial charge in [-0.25, -0.2) is 29.5 Å². The predicted molar refractivity (Wildman–Crippen MR) is 222 cm³/mol. The van der Waals surface area contributed by atoms with Crippen molar-refractivity contribution in [2.75, 3.05) is 90.8 Å². The standard InChI is InChI=1S/C33H45N11O16S4.4Na/c1-20(19-61(49)60-48)28-38-31(43-33(39-28)44(2)17-25(47)18-46)36-23-7-5-21(26(15-23)63(53,54)55)3-4-22-6-8-24(16-27(22)64(56,57)58)37-32-41-29(34-9-12-59-13-11-45)40-30(42-32)35-10-14-62(50,51)52;;;;/h3-8,15-16,20,25,45-48H,9-14,17-19H2,1-2H3,(H,50,51,52)(H,53,54,55)(H,56,57,58)(H,36,38,39,43)(H3,34,35,37,40,41,42);;;;/q;4*+1/p-4. The van der Waals surface area contributed by atoms with Crippen LogP contribution in [0.25, 0.3) is 12.2 Å². The Hall–Kier alpha value is -1.16. The van der Waals surface area contributed by atoms with Gasteiger partial charge in [0.1, 0.15) is 37.1 Å². The van der Waals surface area contributed by atoms with Crippen LogP contribution >= 0.6 is 0 Å². The number of ether oxygens (including phenoxy) is 1. The van der Waals surface area contributed by atoms with Crippen LogP contribution in [0.4, 0.5) is 41.1 Å². The minimum absolute atomic E-state index is 0. The van der Waals surface area contributed by atoms with E-state index in [0.717, 1.165) is 24.3 Å². The van der Waals surface area contributed by atoms with Gasteiger partial charge >= 0.3 is 118 Å². The van der Waals surface area contributed by atoms with Gasteiger partial charge in [-0.05, 0) is 35.4 Å². The number of aliphatic hydroxyl groups excluding tert-OH is 3. The van der Waals surface area contributed by atoms with Crippen LogP contribution in [-0.2, 0) is 50.5 Å². The fourth-order valence-electron chi connectivity index (χ4n) is 5.24. The molecule has 352 valence electrons. The summed E-state index contributed by atoms with van der Waals surface area (Å²) >= 11 is -2.25. The molecule has 2 heterocycles. The Morgan fingerprint density at radius 2 is 1.25 bits per heavy atom. The third kappa shape index (κ3) is 22.7. The molecule has 0 aliphatic rings. The molecule has 2 aromatic heterocycles. The van der Waals surface area contributed by atoms with Crippen LogP contribution < -0.4 is 150 Å². The molecule has 0 aliphatic carbocycles. The van der Waals surface area contributed by atoms with Crippen LogP contribution in [0, 0.1) is 0 Å². The molecule has 4 aromatic rings. The molecule has 0 saturated heterocycles. The molecule has 3 atom stereocenters. The molecule has 2 aromatic carbocycles.